The van der Waals surface area contributed by atoms with Gasteiger partial charge in [0.2, 0.25) is 5.91 Å². The van der Waals surface area contributed by atoms with Gasteiger partial charge in [-0.2, -0.15) is 0 Å². The fourth-order valence-electron chi connectivity index (χ4n) is 2.69. The Hall–Kier alpha value is -1.51. The van der Waals surface area contributed by atoms with E-state index >= 15 is 0 Å². The van der Waals surface area contributed by atoms with Crippen LogP contribution in [0.1, 0.15) is 20.8 Å². The van der Waals surface area contributed by atoms with Crippen molar-refractivity contribution in [2.24, 2.45) is 0 Å². The third-order valence-electron chi connectivity index (χ3n) is 3.42. The Morgan fingerprint density at radius 3 is 2.12 bits per heavy atom. The third-order valence-corrected chi connectivity index (χ3v) is 3.42. The molecule has 0 radical (unpaired) electrons. The highest BCUT2D eigenvalue weighted by molar-refractivity contribution is 5.73. The quantitative estimate of drug-likeness (QED) is 0.740. The molecule has 92 valence electrons. The summed E-state index contributed by atoms with van der Waals surface area (Å²) in [6.07, 6.45) is 0. The molecule has 0 unspecified atom stereocenters. The molecular formula is C14H20N2O. The molecule has 0 bridgehead atoms. The maximum Gasteiger partial charge on any atom is 0.219 e. The monoisotopic (exact) mass is 232 g/mol. The van der Waals surface area contributed by atoms with Crippen molar-refractivity contribution in [2.75, 3.05) is 18.0 Å². The summed E-state index contributed by atoms with van der Waals surface area (Å²) in [5, 5.41) is 0. The molecule has 1 saturated heterocycles. The van der Waals surface area contributed by atoms with Crippen molar-refractivity contribution in [2.45, 2.75) is 32.9 Å². The highest BCUT2D eigenvalue weighted by Gasteiger charge is 2.30. The molecule has 3 heteroatoms. The van der Waals surface area contributed by atoms with Gasteiger partial charge in [-0.1, -0.05) is 18.2 Å². The molecule has 2 rings (SSSR count). The Bertz CT molecular complexity index is 378. The molecule has 1 aliphatic heterocycles. The van der Waals surface area contributed by atoms with E-state index in [1.807, 2.05) is 11.0 Å². The van der Waals surface area contributed by atoms with Crippen LogP contribution in [0.3, 0.4) is 0 Å². The van der Waals surface area contributed by atoms with Crippen LogP contribution in [0.2, 0.25) is 0 Å². The molecule has 1 aromatic carbocycles. The number of benzene rings is 1. The van der Waals surface area contributed by atoms with Crippen LogP contribution in [-0.2, 0) is 4.79 Å². The Balaban J connectivity index is 2.18. The summed E-state index contributed by atoms with van der Waals surface area (Å²) in [4.78, 5) is 15.8. The van der Waals surface area contributed by atoms with Gasteiger partial charge in [0.15, 0.2) is 0 Å². The van der Waals surface area contributed by atoms with Crippen LogP contribution in [0.4, 0.5) is 5.69 Å². The van der Waals surface area contributed by atoms with Gasteiger partial charge in [-0.15, -0.1) is 0 Å². The van der Waals surface area contributed by atoms with E-state index < -0.39 is 0 Å². The number of amides is 1. The van der Waals surface area contributed by atoms with Crippen molar-refractivity contribution in [3.63, 3.8) is 0 Å². The number of carbonyl (C=O) groups is 1. The lowest BCUT2D eigenvalue weighted by Crippen LogP contribution is -2.57. The molecule has 0 aromatic heterocycles. The van der Waals surface area contributed by atoms with Crippen molar-refractivity contribution in [3.8, 4) is 0 Å². The zero-order valence-electron chi connectivity index (χ0n) is 10.8. The van der Waals surface area contributed by atoms with E-state index in [0.717, 1.165) is 13.1 Å². The number of rotatable bonds is 1. The van der Waals surface area contributed by atoms with Gasteiger partial charge in [0.25, 0.3) is 0 Å². The zero-order valence-corrected chi connectivity index (χ0v) is 10.8. The fraction of sp³-hybridized carbons (Fsp3) is 0.500. The van der Waals surface area contributed by atoms with Crippen molar-refractivity contribution >= 4 is 11.6 Å². The number of nitrogens with zero attached hydrogens (tertiary/aromatic N) is 2. The van der Waals surface area contributed by atoms with Crippen molar-refractivity contribution < 1.29 is 4.79 Å². The Morgan fingerprint density at radius 2 is 1.65 bits per heavy atom. The number of hydrogen-bond donors (Lipinski definition) is 0. The molecule has 1 fully saturated rings. The van der Waals surface area contributed by atoms with Gasteiger partial charge in [0.05, 0.1) is 0 Å². The highest BCUT2D eigenvalue weighted by atomic mass is 16.2. The van der Waals surface area contributed by atoms with Crippen LogP contribution in [0.25, 0.3) is 0 Å². The normalized spacial score (nSPS) is 24.9. The number of piperazine rings is 1. The molecular weight excluding hydrogens is 212 g/mol. The van der Waals surface area contributed by atoms with Gasteiger partial charge in [0, 0.05) is 37.8 Å². The third kappa shape index (κ3) is 2.43. The van der Waals surface area contributed by atoms with Crippen LogP contribution >= 0.6 is 0 Å². The van der Waals surface area contributed by atoms with E-state index in [2.05, 4.69) is 43.0 Å². The van der Waals surface area contributed by atoms with E-state index in [9.17, 15) is 4.79 Å². The van der Waals surface area contributed by atoms with Gasteiger partial charge in [-0.3, -0.25) is 4.79 Å². The first-order valence-electron chi connectivity index (χ1n) is 6.18. The van der Waals surface area contributed by atoms with Gasteiger partial charge in [-0.05, 0) is 26.0 Å². The lowest BCUT2D eigenvalue weighted by molar-refractivity contribution is -0.130. The summed E-state index contributed by atoms with van der Waals surface area (Å²) in [6, 6.07) is 11.2. The summed E-state index contributed by atoms with van der Waals surface area (Å²) < 4.78 is 0. The minimum absolute atomic E-state index is 0.177. The molecule has 0 saturated carbocycles. The molecule has 2 atom stereocenters. The fourth-order valence-corrected chi connectivity index (χ4v) is 2.69. The molecule has 17 heavy (non-hydrogen) atoms. The maximum atomic E-state index is 11.4. The topological polar surface area (TPSA) is 23.6 Å². The second kappa shape index (κ2) is 4.78. The van der Waals surface area contributed by atoms with Crippen LogP contribution in [0, 0.1) is 0 Å². The van der Waals surface area contributed by atoms with Crippen LogP contribution in [0.5, 0.6) is 0 Å². The van der Waals surface area contributed by atoms with Gasteiger partial charge in [0.1, 0.15) is 0 Å². The number of anilines is 1. The lowest BCUT2D eigenvalue weighted by atomic mass is 10.1. The van der Waals surface area contributed by atoms with E-state index in [4.69, 9.17) is 0 Å². The maximum absolute atomic E-state index is 11.4. The first-order chi connectivity index (χ1) is 8.09. The van der Waals surface area contributed by atoms with Gasteiger partial charge in [-0.25, -0.2) is 0 Å². The van der Waals surface area contributed by atoms with E-state index in [1.165, 1.54) is 5.69 Å². The minimum atomic E-state index is 0.177. The second-order valence-corrected chi connectivity index (χ2v) is 4.86. The van der Waals surface area contributed by atoms with Gasteiger partial charge < -0.3 is 9.80 Å². The summed E-state index contributed by atoms with van der Waals surface area (Å²) >= 11 is 0. The standard InChI is InChI=1S/C14H20N2O/c1-11-9-15(13(3)17)10-12(2)16(11)14-7-5-4-6-8-14/h4-8,11-12H,9-10H2,1-3H3/t11-,12-/m1/s1. The summed E-state index contributed by atoms with van der Waals surface area (Å²) in [5.41, 5.74) is 1.25. The van der Waals surface area contributed by atoms with E-state index in [-0.39, 0.29) is 5.91 Å². The predicted molar refractivity (Wildman–Crippen MR) is 70.1 cm³/mol. The number of para-hydroxylation sites is 1. The van der Waals surface area contributed by atoms with Crippen LogP contribution < -0.4 is 4.90 Å². The van der Waals surface area contributed by atoms with Crippen molar-refractivity contribution in [1.29, 1.82) is 0 Å². The Kier molecular flexibility index (Phi) is 3.36. The molecule has 1 aromatic rings. The number of hydrogen-bond acceptors (Lipinski definition) is 2. The Morgan fingerprint density at radius 1 is 1.12 bits per heavy atom. The predicted octanol–water partition coefficient (Wildman–Crippen LogP) is 2.13. The average molecular weight is 232 g/mol. The summed E-state index contributed by atoms with van der Waals surface area (Å²) in [5.74, 6) is 0.177. The first-order valence-corrected chi connectivity index (χ1v) is 6.18. The first kappa shape index (κ1) is 12.0. The lowest BCUT2D eigenvalue weighted by Gasteiger charge is -2.45. The molecule has 1 amide bonds. The van der Waals surface area contributed by atoms with E-state index in [0.29, 0.717) is 12.1 Å². The van der Waals surface area contributed by atoms with Gasteiger partial charge >= 0.3 is 0 Å². The Labute approximate surface area is 103 Å². The molecule has 0 N–H and O–H groups in total. The van der Waals surface area contributed by atoms with Crippen molar-refractivity contribution in [1.82, 2.24) is 4.90 Å². The van der Waals surface area contributed by atoms with Crippen LogP contribution in [-0.4, -0.2) is 36.0 Å². The smallest absolute Gasteiger partial charge is 0.219 e. The van der Waals surface area contributed by atoms with E-state index in [1.54, 1.807) is 6.92 Å². The SMILES string of the molecule is CC(=O)N1C[C@@H](C)N(c2ccccc2)[C@H](C)C1. The minimum Gasteiger partial charge on any atom is -0.363 e. The highest BCUT2D eigenvalue weighted by Crippen LogP contribution is 2.24. The van der Waals surface area contributed by atoms with Crippen molar-refractivity contribution in [3.05, 3.63) is 30.3 Å². The number of carbonyl (C=O) groups excluding carboxylic acids is 1. The summed E-state index contributed by atoms with van der Waals surface area (Å²) in [6.45, 7) is 7.64. The molecule has 1 heterocycles. The van der Waals surface area contributed by atoms with Crippen LogP contribution in [0.15, 0.2) is 30.3 Å². The zero-order chi connectivity index (χ0) is 12.4. The largest absolute Gasteiger partial charge is 0.363 e. The molecule has 1 aliphatic rings. The molecule has 0 aliphatic carbocycles. The second-order valence-electron chi connectivity index (χ2n) is 4.86. The average Bonchev–Trinajstić information content (AvgIpc) is 2.29. The summed E-state index contributed by atoms with van der Waals surface area (Å²) in [7, 11) is 0. The molecule has 3 nitrogen and oxygen atoms in total. The molecule has 0 spiro atoms.